The minimum Gasteiger partial charge on any atom is -0.0779 e. The maximum Gasteiger partial charge on any atom is 0 e. The third-order valence-corrected chi connectivity index (χ3v) is 0.699. The lowest BCUT2D eigenvalue weighted by atomic mass is 10.5. The first-order valence-corrected chi connectivity index (χ1v) is 2.58. The normalized spacial score (nSPS) is 8.33. The largest absolute Gasteiger partial charge is 0.0779 e. The zero-order valence-electron chi connectivity index (χ0n) is 3.95. The van der Waals surface area contributed by atoms with Crippen LogP contribution >= 0.6 is 15.9 Å². The second-order valence-corrected chi connectivity index (χ2v) is 1.30. The fourth-order valence-corrected chi connectivity index (χ4v) is 0.463. The molecular weight excluding hydrogens is 152 g/mol. The summed E-state index contributed by atoms with van der Waals surface area (Å²) in [5.41, 5.74) is 0. The van der Waals surface area contributed by atoms with Gasteiger partial charge in [0, 0.05) is 23.1 Å². The second-order valence-electron chi connectivity index (χ2n) is 0.770. The zero-order chi connectivity index (χ0) is 4.12. The first-order chi connectivity index (χ1) is 2.41. The molecule has 0 aromatic heterocycles. The highest BCUT2D eigenvalue weighted by Gasteiger charge is 1.53. The van der Waals surface area contributed by atoms with Gasteiger partial charge in [-0.2, -0.15) is 0 Å². The Kier molecular flexibility index (Phi) is 15.7. The van der Waals surface area contributed by atoms with E-state index in [-0.39, 0.29) is 23.1 Å². The molecule has 0 N–H and O–H groups in total. The Morgan fingerprint density at radius 3 is 2.17 bits per heavy atom. The Morgan fingerprint density at radius 1 is 1.67 bits per heavy atom. The summed E-state index contributed by atoms with van der Waals surface area (Å²) < 4.78 is 0. The summed E-state index contributed by atoms with van der Waals surface area (Å²) in [6.07, 6.45) is 3.16. The average molecular weight is 159 g/mol. The first kappa shape index (κ1) is 10.1. The van der Waals surface area contributed by atoms with Crippen molar-refractivity contribution in [1.29, 1.82) is 0 Å². The fraction of sp³-hybridized carbons (Fsp3) is 0.500. The molecule has 0 aliphatic rings. The van der Waals surface area contributed by atoms with Crippen LogP contribution in [0.4, 0.5) is 0 Å². The van der Waals surface area contributed by atoms with Crippen LogP contribution in [0.25, 0.3) is 0 Å². The molecule has 0 unspecified atom stereocenters. The van der Waals surface area contributed by atoms with Crippen LogP contribution in [0.3, 0.4) is 0 Å². The van der Waals surface area contributed by atoms with Crippen LogP contribution in [0.1, 0.15) is 13.3 Å². The summed E-state index contributed by atoms with van der Waals surface area (Å²) in [6, 6.07) is 0. The van der Waals surface area contributed by atoms with Crippen molar-refractivity contribution >= 4 is 39.0 Å². The zero-order valence-corrected chi connectivity index (χ0v) is 6.95. The molecule has 2 heteroatoms. The van der Waals surface area contributed by atoms with Gasteiger partial charge in [0.25, 0.3) is 0 Å². The Bertz CT molecular complexity index is 34.5. The highest BCUT2D eigenvalue weighted by Crippen LogP contribution is 1.83. The van der Waals surface area contributed by atoms with Crippen molar-refractivity contribution in [2.24, 2.45) is 0 Å². The quantitative estimate of drug-likeness (QED) is 0.513. The maximum atomic E-state index is 3.13. The van der Waals surface area contributed by atoms with Gasteiger partial charge in [0.1, 0.15) is 0 Å². The van der Waals surface area contributed by atoms with Crippen LogP contribution in [-0.2, 0) is 0 Å². The molecule has 32 valence electrons. The van der Waals surface area contributed by atoms with Gasteiger partial charge in [0.05, 0.1) is 0 Å². The average Bonchev–Trinajstić information content (AvgIpc) is 1.41. The Balaban J connectivity index is 0. The first-order valence-electron chi connectivity index (χ1n) is 1.67. The molecule has 0 aromatic carbocycles. The lowest BCUT2D eigenvalue weighted by Gasteiger charge is -1.63. The third kappa shape index (κ3) is 8.88. The van der Waals surface area contributed by atoms with Gasteiger partial charge in [0.15, 0.2) is 0 Å². The molecule has 0 bridgehead atoms. The number of hydrogen-bond acceptors (Lipinski definition) is 0. The van der Waals surface area contributed by atoms with Gasteiger partial charge < -0.3 is 0 Å². The molecule has 0 atom stereocenters. The summed E-state index contributed by atoms with van der Waals surface area (Å²) in [7, 11) is 0. The molecule has 2 radical (unpaired) electrons. The van der Waals surface area contributed by atoms with Crippen LogP contribution in [0.2, 0.25) is 0 Å². The van der Waals surface area contributed by atoms with E-state index in [0.717, 1.165) is 6.42 Å². The van der Waals surface area contributed by atoms with E-state index in [1.54, 1.807) is 0 Å². The number of halogens is 1. The van der Waals surface area contributed by atoms with E-state index in [9.17, 15) is 0 Å². The minimum absolute atomic E-state index is 0. The minimum atomic E-state index is 0. The maximum absolute atomic E-state index is 3.13. The van der Waals surface area contributed by atoms with E-state index in [0.29, 0.717) is 0 Å². The topological polar surface area (TPSA) is 0 Å². The van der Waals surface area contributed by atoms with Crippen molar-refractivity contribution in [3.05, 3.63) is 11.1 Å². The van der Waals surface area contributed by atoms with Crippen LogP contribution in [0, 0.1) is 0 Å². The van der Waals surface area contributed by atoms with Gasteiger partial charge >= 0.3 is 0 Å². The van der Waals surface area contributed by atoms with Crippen LogP contribution in [-0.4, -0.2) is 23.1 Å². The van der Waals surface area contributed by atoms with E-state index in [1.807, 2.05) is 11.1 Å². The molecule has 0 aliphatic heterocycles. The fourth-order valence-electron chi connectivity index (χ4n) is 0.0891. The van der Waals surface area contributed by atoms with Crippen LogP contribution in [0.15, 0.2) is 11.1 Å². The molecule has 0 saturated carbocycles. The molecular formula is C4H7BrMg. The van der Waals surface area contributed by atoms with Gasteiger partial charge in [0.2, 0.25) is 0 Å². The third-order valence-electron chi connectivity index (χ3n) is 0.325. The van der Waals surface area contributed by atoms with Crippen molar-refractivity contribution in [2.45, 2.75) is 13.3 Å². The Morgan fingerprint density at radius 2 is 2.17 bits per heavy atom. The molecule has 0 amide bonds. The van der Waals surface area contributed by atoms with E-state index < -0.39 is 0 Å². The van der Waals surface area contributed by atoms with E-state index in [1.165, 1.54) is 0 Å². The Hall–Kier alpha value is 0.986. The van der Waals surface area contributed by atoms with Crippen LogP contribution in [0.5, 0.6) is 0 Å². The molecule has 0 spiro atoms. The number of allylic oxidation sites excluding steroid dienone is 1. The molecule has 0 aromatic rings. The monoisotopic (exact) mass is 158 g/mol. The molecule has 0 rings (SSSR count). The Labute approximate surface area is 63.3 Å². The predicted octanol–water partition coefficient (Wildman–Crippen LogP) is 1.92. The second kappa shape index (κ2) is 9.37. The lowest BCUT2D eigenvalue weighted by molar-refractivity contribution is 1.23. The predicted molar refractivity (Wildman–Crippen MR) is 34.1 cm³/mol. The number of hydrogen-bond donors (Lipinski definition) is 0. The number of rotatable bonds is 1. The molecule has 0 aliphatic carbocycles. The van der Waals surface area contributed by atoms with Crippen molar-refractivity contribution in [1.82, 2.24) is 0 Å². The van der Waals surface area contributed by atoms with Gasteiger partial charge in [-0.1, -0.05) is 28.9 Å². The summed E-state index contributed by atoms with van der Waals surface area (Å²) in [5, 5.41) is 0. The van der Waals surface area contributed by atoms with Crippen molar-refractivity contribution in [3.8, 4) is 0 Å². The van der Waals surface area contributed by atoms with Gasteiger partial charge in [-0.05, 0) is 11.4 Å². The summed E-state index contributed by atoms with van der Waals surface area (Å²) in [6.45, 7) is 2.10. The summed E-state index contributed by atoms with van der Waals surface area (Å²) >= 11 is 3.13. The van der Waals surface area contributed by atoms with E-state index in [2.05, 4.69) is 22.9 Å². The highest BCUT2D eigenvalue weighted by atomic mass is 79.9. The summed E-state index contributed by atoms with van der Waals surface area (Å²) in [5.74, 6) is 0. The van der Waals surface area contributed by atoms with E-state index in [4.69, 9.17) is 0 Å². The SMILES string of the molecule is CCC=CBr.[Mg]. The molecule has 0 saturated heterocycles. The lowest BCUT2D eigenvalue weighted by Crippen LogP contribution is -1.40. The van der Waals surface area contributed by atoms with Crippen molar-refractivity contribution in [2.75, 3.05) is 0 Å². The molecule has 0 fully saturated rings. The van der Waals surface area contributed by atoms with Crippen molar-refractivity contribution in [3.63, 3.8) is 0 Å². The van der Waals surface area contributed by atoms with Gasteiger partial charge in [-0.25, -0.2) is 0 Å². The molecule has 0 nitrogen and oxygen atoms in total. The molecule has 6 heavy (non-hydrogen) atoms. The summed E-state index contributed by atoms with van der Waals surface area (Å²) in [4.78, 5) is 1.87. The van der Waals surface area contributed by atoms with Gasteiger partial charge in [-0.15, -0.1) is 0 Å². The highest BCUT2D eigenvalue weighted by molar-refractivity contribution is 9.11. The molecule has 0 heterocycles. The van der Waals surface area contributed by atoms with Crippen molar-refractivity contribution < 1.29 is 0 Å². The smallest absolute Gasteiger partial charge is 0 e. The van der Waals surface area contributed by atoms with E-state index >= 15 is 0 Å². The van der Waals surface area contributed by atoms with Gasteiger partial charge in [-0.3, -0.25) is 0 Å². The van der Waals surface area contributed by atoms with Crippen LogP contribution < -0.4 is 0 Å². The standard InChI is InChI=1S/C4H7Br.Mg/c1-2-3-4-5;/h3-4H,2H2,1H3;.